The highest BCUT2D eigenvalue weighted by Gasteiger charge is 2.31. The van der Waals surface area contributed by atoms with Gasteiger partial charge in [0.1, 0.15) is 12.3 Å². The molecule has 11 heteroatoms. The van der Waals surface area contributed by atoms with Gasteiger partial charge in [-0.25, -0.2) is 4.79 Å². The highest BCUT2D eigenvalue weighted by atomic mass is 35.5. The average Bonchev–Trinajstić information content (AvgIpc) is 3.21. The molecule has 0 aliphatic carbocycles. The van der Waals surface area contributed by atoms with Crippen molar-refractivity contribution in [2.45, 2.75) is 6.18 Å². The van der Waals surface area contributed by atoms with Crippen molar-refractivity contribution in [3.8, 4) is 16.5 Å². The lowest BCUT2D eigenvalue weighted by molar-refractivity contribution is -0.137. The lowest BCUT2D eigenvalue weighted by atomic mass is 10.2. The Bertz CT molecular complexity index is 966. The molecule has 0 spiro atoms. The summed E-state index contributed by atoms with van der Waals surface area (Å²) in [4.78, 5) is 12.9. The smallest absolute Gasteiger partial charge is 0.416 e. The van der Waals surface area contributed by atoms with E-state index in [0.29, 0.717) is 0 Å². The van der Waals surface area contributed by atoms with Gasteiger partial charge in [-0.05, 0) is 35.7 Å². The van der Waals surface area contributed by atoms with Crippen molar-refractivity contribution in [3.05, 3.63) is 58.4 Å². The number of thiophene rings is 1. The van der Waals surface area contributed by atoms with E-state index in [1.54, 1.807) is 23.5 Å². The van der Waals surface area contributed by atoms with E-state index in [0.717, 1.165) is 28.8 Å². The van der Waals surface area contributed by atoms with Crippen LogP contribution in [-0.2, 0) is 6.18 Å². The lowest BCUT2D eigenvalue weighted by Crippen LogP contribution is -2.32. The van der Waals surface area contributed by atoms with Gasteiger partial charge in [-0.15, -0.1) is 21.5 Å². The van der Waals surface area contributed by atoms with E-state index in [9.17, 15) is 18.0 Å². The summed E-state index contributed by atoms with van der Waals surface area (Å²) >= 11 is 7.37. The van der Waals surface area contributed by atoms with Gasteiger partial charge >= 0.3 is 12.2 Å². The number of alkyl halides is 3. The van der Waals surface area contributed by atoms with Gasteiger partial charge in [-0.1, -0.05) is 17.7 Å². The third-order valence-electron chi connectivity index (χ3n) is 3.59. The summed E-state index contributed by atoms with van der Waals surface area (Å²) in [6.45, 7) is 0.188. The standard InChI is InChI=1S/C18H14ClF3N4O2S/c19-12-4-3-11(18(20,21)22)10-14(12)24-17(27)23-7-8-28-16-6-5-13(25-26-16)15-2-1-9-29-15/h1-6,9-10H,7-8H2,(H2,23,24,27). The van der Waals surface area contributed by atoms with Crippen LogP contribution >= 0.6 is 22.9 Å². The molecule has 2 heterocycles. The first kappa shape index (κ1) is 20.9. The van der Waals surface area contributed by atoms with Gasteiger partial charge in [0.2, 0.25) is 5.88 Å². The monoisotopic (exact) mass is 442 g/mol. The van der Waals surface area contributed by atoms with Crippen molar-refractivity contribution >= 4 is 34.7 Å². The zero-order chi connectivity index (χ0) is 20.9. The zero-order valence-corrected chi connectivity index (χ0v) is 16.2. The first-order chi connectivity index (χ1) is 13.8. The molecule has 0 unspecified atom stereocenters. The van der Waals surface area contributed by atoms with Crippen molar-refractivity contribution in [1.82, 2.24) is 15.5 Å². The molecule has 1 aromatic carbocycles. The van der Waals surface area contributed by atoms with Crippen molar-refractivity contribution in [1.29, 1.82) is 0 Å². The Labute approximate surface area is 172 Å². The summed E-state index contributed by atoms with van der Waals surface area (Å²) < 4.78 is 43.6. The molecular weight excluding hydrogens is 429 g/mol. The Hall–Kier alpha value is -2.85. The Balaban J connectivity index is 1.46. The Morgan fingerprint density at radius 3 is 2.66 bits per heavy atom. The number of hydrogen-bond donors (Lipinski definition) is 2. The number of halogens is 4. The number of rotatable bonds is 6. The number of ether oxygens (including phenoxy) is 1. The van der Waals surface area contributed by atoms with Gasteiger partial charge in [0.05, 0.1) is 27.7 Å². The molecular formula is C18H14ClF3N4O2S. The van der Waals surface area contributed by atoms with Gasteiger partial charge in [0.25, 0.3) is 0 Å². The second-order valence-corrected chi connectivity index (χ2v) is 7.01. The third kappa shape index (κ3) is 5.81. The van der Waals surface area contributed by atoms with E-state index in [1.165, 1.54) is 0 Å². The molecule has 2 amide bonds. The predicted molar refractivity (Wildman–Crippen MR) is 104 cm³/mol. The van der Waals surface area contributed by atoms with E-state index in [1.807, 2.05) is 17.5 Å². The second kappa shape index (κ2) is 9.10. The van der Waals surface area contributed by atoms with Gasteiger partial charge in [0.15, 0.2) is 0 Å². The minimum Gasteiger partial charge on any atom is -0.475 e. The summed E-state index contributed by atoms with van der Waals surface area (Å²) in [6.07, 6.45) is -4.54. The number of nitrogens with zero attached hydrogens (tertiary/aromatic N) is 2. The quantitative estimate of drug-likeness (QED) is 0.522. The molecule has 2 N–H and O–H groups in total. The number of hydrogen-bond acceptors (Lipinski definition) is 5. The van der Waals surface area contributed by atoms with Gasteiger partial charge in [-0.3, -0.25) is 0 Å². The number of carbonyl (C=O) groups is 1. The minimum atomic E-state index is -4.54. The second-order valence-electron chi connectivity index (χ2n) is 5.66. The largest absolute Gasteiger partial charge is 0.475 e. The van der Waals surface area contributed by atoms with Crippen LogP contribution in [-0.4, -0.2) is 29.4 Å². The van der Waals surface area contributed by atoms with Crippen LogP contribution in [0.1, 0.15) is 5.56 Å². The Morgan fingerprint density at radius 2 is 2.00 bits per heavy atom. The van der Waals surface area contributed by atoms with Crippen molar-refractivity contribution in [3.63, 3.8) is 0 Å². The van der Waals surface area contributed by atoms with E-state index in [2.05, 4.69) is 20.8 Å². The fraction of sp³-hybridized carbons (Fsp3) is 0.167. The van der Waals surface area contributed by atoms with Crippen molar-refractivity contribution < 1.29 is 22.7 Å². The van der Waals surface area contributed by atoms with Crippen LogP contribution in [0.15, 0.2) is 47.8 Å². The van der Waals surface area contributed by atoms with Crippen molar-refractivity contribution in [2.75, 3.05) is 18.5 Å². The molecule has 3 rings (SSSR count). The van der Waals surface area contributed by atoms with Gasteiger partial charge in [-0.2, -0.15) is 13.2 Å². The molecule has 3 aromatic rings. The maximum absolute atomic E-state index is 12.8. The molecule has 2 aromatic heterocycles. The molecule has 0 radical (unpaired) electrons. The van der Waals surface area contributed by atoms with Crippen LogP contribution in [0.2, 0.25) is 5.02 Å². The van der Waals surface area contributed by atoms with E-state index in [-0.39, 0.29) is 29.7 Å². The predicted octanol–water partition coefficient (Wildman–Crippen LogP) is 5.08. The number of benzene rings is 1. The Kier molecular flexibility index (Phi) is 6.55. The summed E-state index contributed by atoms with van der Waals surface area (Å²) in [7, 11) is 0. The summed E-state index contributed by atoms with van der Waals surface area (Å²) in [5, 5.41) is 14.7. The molecule has 0 aliphatic rings. The number of amides is 2. The first-order valence-electron chi connectivity index (χ1n) is 8.25. The number of nitrogens with one attached hydrogen (secondary N) is 2. The molecule has 0 saturated heterocycles. The fourth-order valence-electron chi connectivity index (χ4n) is 2.24. The summed E-state index contributed by atoms with van der Waals surface area (Å²) in [5.74, 6) is 0.286. The molecule has 152 valence electrons. The summed E-state index contributed by atoms with van der Waals surface area (Å²) in [5.41, 5.74) is -0.331. The molecule has 0 fully saturated rings. The molecule has 29 heavy (non-hydrogen) atoms. The maximum Gasteiger partial charge on any atom is 0.416 e. The van der Waals surface area contributed by atoms with Crippen LogP contribution in [0.25, 0.3) is 10.6 Å². The van der Waals surface area contributed by atoms with E-state index < -0.39 is 17.8 Å². The van der Waals surface area contributed by atoms with Crippen LogP contribution in [0.4, 0.5) is 23.7 Å². The number of anilines is 1. The highest BCUT2D eigenvalue weighted by molar-refractivity contribution is 7.13. The van der Waals surface area contributed by atoms with Crippen molar-refractivity contribution in [2.24, 2.45) is 0 Å². The van der Waals surface area contributed by atoms with Gasteiger partial charge in [0, 0.05) is 6.07 Å². The molecule has 0 bridgehead atoms. The topological polar surface area (TPSA) is 76.1 Å². The summed E-state index contributed by atoms with van der Waals surface area (Å²) in [6, 6.07) is 9.22. The number of urea groups is 1. The maximum atomic E-state index is 12.8. The van der Waals surface area contributed by atoms with Gasteiger partial charge < -0.3 is 15.4 Å². The van der Waals surface area contributed by atoms with Crippen LogP contribution < -0.4 is 15.4 Å². The van der Waals surface area contributed by atoms with E-state index >= 15 is 0 Å². The lowest BCUT2D eigenvalue weighted by Gasteiger charge is -2.12. The minimum absolute atomic E-state index is 0.00879. The van der Waals surface area contributed by atoms with Crippen LogP contribution in [0.3, 0.4) is 0 Å². The first-order valence-corrected chi connectivity index (χ1v) is 9.51. The zero-order valence-electron chi connectivity index (χ0n) is 14.7. The molecule has 0 atom stereocenters. The van der Waals surface area contributed by atoms with E-state index in [4.69, 9.17) is 16.3 Å². The molecule has 6 nitrogen and oxygen atoms in total. The highest BCUT2D eigenvalue weighted by Crippen LogP contribution is 2.33. The number of aromatic nitrogens is 2. The van der Waals surface area contributed by atoms with Crippen LogP contribution in [0.5, 0.6) is 5.88 Å². The third-order valence-corrected chi connectivity index (χ3v) is 4.82. The Morgan fingerprint density at radius 1 is 1.17 bits per heavy atom. The van der Waals surface area contributed by atoms with Crippen LogP contribution in [0, 0.1) is 0 Å². The average molecular weight is 443 g/mol. The normalized spacial score (nSPS) is 11.2. The SMILES string of the molecule is O=C(NCCOc1ccc(-c2cccs2)nn1)Nc1cc(C(F)(F)F)ccc1Cl. The number of carbonyl (C=O) groups excluding carboxylic acids is 1. The molecule has 0 saturated carbocycles. The molecule has 0 aliphatic heterocycles. The fourth-order valence-corrected chi connectivity index (χ4v) is 3.09.